The Morgan fingerprint density at radius 3 is 2.45 bits per heavy atom. The zero-order valence-electron chi connectivity index (χ0n) is 9.99. The minimum Gasteiger partial charge on any atom is -0.453 e. The molecule has 5 heteroatoms. The first-order valence-corrected chi connectivity index (χ1v) is 7.32. The molecule has 0 bridgehead atoms. The molecule has 0 spiro atoms. The van der Waals surface area contributed by atoms with E-state index in [1.807, 2.05) is 12.1 Å². The Morgan fingerprint density at radius 1 is 1.00 bits per heavy atom. The van der Waals surface area contributed by atoms with Gasteiger partial charge >= 0.3 is 0 Å². The van der Waals surface area contributed by atoms with Gasteiger partial charge in [0.2, 0.25) is 5.78 Å². The van der Waals surface area contributed by atoms with Crippen LogP contribution in [0.15, 0.2) is 55.8 Å². The second kappa shape index (κ2) is 5.14. The molecule has 0 saturated heterocycles. The summed E-state index contributed by atoms with van der Waals surface area (Å²) in [5.74, 6) is -0.923. The zero-order chi connectivity index (χ0) is 14.3. The number of benzene rings is 2. The Balaban J connectivity index is 2.08. The Bertz CT molecular complexity index is 824. The molecular weight excluding hydrogens is 391 g/mol. The van der Waals surface area contributed by atoms with E-state index in [1.165, 1.54) is 12.1 Å². The summed E-state index contributed by atoms with van der Waals surface area (Å²) in [7, 11) is 0. The fraction of sp³-hybridized carbons (Fsp3) is 0. The predicted molar refractivity (Wildman–Crippen MR) is 81.4 cm³/mol. The van der Waals surface area contributed by atoms with E-state index in [9.17, 15) is 9.18 Å². The van der Waals surface area contributed by atoms with Crippen LogP contribution in [0.2, 0.25) is 0 Å². The highest BCUT2D eigenvalue weighted by molar-refractivity contribution is 9.10. The quantitative estimate of drug-likeness (QED) is 0.547. The van der Waals surface area contributed by atoms with Crippen molar-refractivity contribution in [3.63, 3.8) is 0 Å². The van der Waals surface area contributed by atoms with Gasteiger partial charge in [0, 0.05) is 14.3 Å². The lowest BCUT2D eigenvalue weighted by atomic mass is 10.1. The van der Waals surface area contributed by atoms with E-state index in [0.29, 0.717) is 10.1 Å². The number of hydrogen-bond donors (Lipinski definition) is 0. The van der Waals surface area contributed by atoms with Crippen molar-refractivity contribution >= 4 is 48.6 Å². The molecule has 0 aliphatic heterocycles. The molecule has 0 atom stereocenters. The molecule has 0 saturated carbocycles. The molecule has 0 aliphatic carbocycles. The molecular formula is C15H7Br2FO2. The normalized spacial score (nSPS) is 10.9. The van der Waals surface area contributed by atoms with E-state index in [4.69, 9.17) is 4.42 Å². The third-order valence-corrected chi connectivity index (χ3v) is 3.86. The van der Waals surface area contributed by atoms with E-state index in [2.05, 4.69) is 31.9 Å². The van der Waals surface area contributed by atoms with Gasteiger partial charge in [0.25, 0.3) is 0 Å². The number of furan rings is 1. The largest absolute Gasteiger partial charge is 0.453 e. The first-order chi connectivity index (χ1) is 9.54. The lowest BCUT2D eigenvalue weighted by molar-refractivity contribution is 0.101. The molecule has 3 rings (SSSR count). The average molecular weight is 398 g/mol. The molecule has 0 aliphatic rings. The molecule has 2 nitrogen and oxygen atoms in total. The third-order valence-electron chi connectivity index (χ3n) is 2.88. The minimum absolute atomic E-state index is 0.00804. The van der Waals surface area contributed by atoms with Crippen molar-refractivity contribution in [2.24, 2.45) is 0 Å². The van der Waals surface area contributed by atoms with Crippen molar-refractivity contribution in [2.75, 3.05) is 0 Å². The van der Waals surface area contributed by atoms with Crippen molar-refractivity contribution in [1.82, 2.24) is 0 Å². The molecule has 1 aromatic heterocycles. The lowest BCUT2D eigenvalue weighted by Crippen LogP contribution is -2.02. The molecule has 3 aromatic rings. The molecule has 100 valence electrons. The zero-order valence-corrected chi connectivity index (χ0v) is 13.2. The van der Waals surface area contributed by atoms with Crippen molar-refractivity contribution in [1.29, 1.82) is 0 Å². The number of halogens is 3. The second-order valence-corrected chi connectivity index (χ2v) is 6.08. The summed E-state index contributed by atoms with van der Waals surface area (Å²) in [6, 6.07) is 11.3. The Hall–Kier alpha value is -1.46. The number of ketones is 1. The Morgan fingerprint density at radius 2 is 1.70 bits per heavy atom. The highest BCUT2D eigenvalue weighted by Crippen LogP contribution is 2.26. The maximum Gasteiger partial charge on any atom is 0.231 e. The third kappa shape index (κ3) is 2.43. The number of hydrogen-bond acceptors (Lipinski definition) is 2. The van der Waals surface area contributed by atoms with Gasteiger partial charge in [-0.05, 0) is 42.5 Å². The van der Waals surface area contributed by atoms with E-state index in [1.54, 1.807) is 18.2 Å². The highest BCUT2D eigenvalue weighted by Gasteiger charge is 2.18. The maximum absolute atomic E-state index is 13.8. The van der Waals surface area contributed by atoms with Crippen LogP contribution in [-0.2, 0) is 0 Å². The van der Waals surface area contributed by atoms with Crippen molar-refractivity contribution < 1.29 is 13.6 Å². The minimum atomic E-state index is -0.578. The average Bonchev–Trinajstić information content (AvgIpc) is 2.81. The number of carbonyl (C=O) groups is 1. The van der Waals surface area contributed by atoms with E-state index in [-0.39, 0.29) is 11.3 Å². The van der Waals surface area contributed by atoms with Crippen molar-refractivity contribution in [2.45, 2.75) is 0 Å². The van der Waals surface area contributed by atoms with Crippen LogP contribution < -0.4 is 0 Å². The van der Waals surface area contributed by atoms with E-state index < -0.39 is 11.6 Å². The van der Waals surface area contributed by atoms with Gasteiger partial charge < -0.3 is 4.42 Å². The van der Waals surface area contributed by atoms with Crippen LogP contribution >= 0.6 is 31.9 Å². The van der Waals surface area contributed by atoms with Gasteiger partial charge in [0.1, 0.15) is 11.4 Å². The van der Waals surface area contributed by atoms with Gasteiger partial charge in [-0.2, -0.15) is 0 Å². The van der Waals surface area contributed by atoms with E-state index >= 15 is 0 Å². The summed E-state index contributed by atoms with van der Waals surface area (Å²) in [6.45, 7) is 0. The monoisotopic (exact) mass is 396 g/mol. The van der Waals surface area contributed by atoms with Crippen LogP contribution in [0, 0.1) is 5.82 Å². The summed E-state index contributed by atoms with van der Waals surface area (Å²) in [4.78, 5) is 12.3. The van der Waals surface area contributed by atoms with Crippen LogP contribution in [0.3, 0.4) is 0 Å². The van der Waals surface area contributed by atoms with Gasteiger partial charge in [-0.25, -0.2) is 4.39 Å². The second-order valence-electron chi connectivity index (χ2n) is 4.25. The van der Waals surface area contributed by atoms with Gasteiger partial charge in [-0.15, -0.1) is 0 Å². The summed E-state index contributed by atoms with van der Waals surface area (Å²) < 4.78 is 20.8. The fourth-order valence-electron chi connectivity index (χ4n) is 1.93. The predicted octanol–water partition coefficient (Wildman–Crippen LogP) is 5.33. The first kappa shape index (κ1) is 13.5. The van der Waals surface area contributed by atoms with Crippen molar-refractivity contribution in [3.8, 4) is 0 Å². The summed E-state index contributed by atoms with van der Waals surface area (Å²) >= 11 is 6.51. The highest BCUT2D eigenvalue weighted by atomic mass is 79.9. The number of fused-ring (bicyclic) bond motifs is 1. The molecule has 2 aromatic carbocycles. The number of carbonyl (C=O) groups excluding carboxylic acids is 1. The van der Waals surface area contributed by atoms with Gasteiger partial charge in [0.05, 0.1) is 5.56 Å². The van der Waals surface area contributed by atoms with Gasteiger partial charge in [-0.3, -0.25) is 4.79 Å². The van der Waals surface area contributed by atoms with Gasteiger partial charge in [0.15, 0.2) is 5.76 Å². The molecule has 1 heterocycles. The molecule has 0 fully saturated rings. The molecule has 0 amide bonds. The smallest absolute Gasteiger partial charge is 0.231 e. The first-order valence-electron chi connectivity index (χ1n) is 5.73. The lowest BCUT2D eigenvalue weighted by Gasteiger charge is -2.00. The Kier molecular flexibility index (Phi) is 3.48. The summed E-state index contributed by atoms with van der Waals surface area (Å²) in [5.41, 5.74) is 0.584. The van der Waals surface area contributed by atoms with E-state index in [0.717, 1.165) is 9.86 Å². The fourth-order valence-corrected chi connectivity index (χ4v) is 2.64. The van der Waals surface area contributed by atoms with Crippen LogP contribution in [0.5, 0.6) is 0 Å². The SMILES string of the molecule is O=C(c1cc2cc(Br)ccc2o1)c1ccc(Br)cc1F. The van der Waals surface area contributed by atoms with Crippen LogP contribution in [0.4, 0.5) is 4.39 Å². The Labute approximate surface area is 130 Å². The molecule has 0 N–H and O–H groups in total. The standard InChI is InChI=1S/C15H7Br2FO2/c16-9-2-4-13-8(5-9)6-14(20-13)15(19)11-3-1-10(17)7-12(11)18/h1-7H. The van der Waals surface area contributed by atoms with Crippen LogP contribution in [0.1, 0.15) is 16.1 Å². The molecule has 0 radical (unpaired) electrons. The summed E-state index contributed by atoms with van der Waals surface area (Å²) in [6.07, 6.45) is 0. The van der Waals surface area contributed by atoms with Crippen LogP contribution in [0.25, 0.3) is 11.0 Å². The number of rotatable bonds is 2. The topological polar surface area (TPSA) is 30.2 Å². The van der Waals surface area contributed by atoms with Gasteiger partial charge in [-0.1, -0.05) is 31.9 Å². The molecule has 20 heavy (non-hydrogen) atoms. The molecule has 0 unspecified atom stereocenters. The van der Waals surface area contributed by atoms with Crippen LogP contribution in [-0.4, -0.2) is 5.78 Å². The van der Waals surface area contributed by atoms with Crippen molar-refractivity contribution in [3.05, 3.63) is 68.6 Å². The summed E-state index contributed by atoms with van der Waals surface area (Å²) in [5, 5.41) is 0.792. The maximum atomic E-state index is 13.8.